The van der Waals surface area contributed by atoms with E-state index in [4.69, 9.17) is 17.0 Å². The van der Waals surface area contributed by atoms with Gasteiger partial charge in [0.2, 0.25) is 0 Å². The number of nitrogens with zero attached hydrogens (tertiary/aromatic N) is 1. The van der Waals surface area contributed by atoms with Gasteiger partial charge in [0.1, 0.15) is 0 Å². The van der Waals surface area contributed by atoms with Crippen LogP contribution in [0.5, 0.6) is 0 Å². The third kappa shape index (κ3) is 5.30. The van der Waals surface area contributed by atoms with E-state index in [0.717, 1.165) is 5.56 Å². The van der Waals surface area contributed by atoms with Crippen molar-refractivity contribution >= 4 is 17.3 Å². The Bertz CT molecular complexity index is 306. The Morgan fingerprint density at radius 1 is 1.60 bits per heavy atom. The van der Waals surface area contributed by atoms with Crippen molar-refractivity contribution < 1.29 is 0 Å². The zero-order chi connectivity index (χ0) is 11.7. The molecule has 0 aliphatic carbocycles. The minimum atomic E-state index is 0.330. The van der Waals surface area contributed by atoms with Gasteiger partial charge in [-0.3, -0.25) is 10.4 Å². The number of rotatable bonds is 3. The standard InChI is InChI=1S/C9H9ClN2.C2H7N/c1-2-8(11)9-4-3-7(5-10)6-12-9;1-3-2/h2-4,6,11H,1,5H2;3H,1-2H3. The first-order valence-electron chi connectivity index (χ1n) is 4.50. The van der Waals surface area contributed by atoms with E-state index in [2.05, 4.69) is 16.9 Å². The summed E-state index contributed by atoms with van der Waals surface area (Å²) in [6.07, 6.45) is 3.13. The lowest BCUT2D eigenvalue weighted by molar-refractivity contribution is 1.02. The third-order valence-corrected chi connectivity index (χ3v) is 1.77. The molecule has 1 aromatic rings. The van der Waals surface area contributed by atoms with Crippen LogP contribution in [-0.4, -0.2) is 24.8 Å². The van der Waals surface area contributed by atoms with E-state index in [1.54, 1.807) is 12.3 Å². The Kier molecular flexibility index (Phi) is 7.50. The smallest absolute Gasteiger partial charge is 0.0878 e. The molecule has 0 saturated carbocycles. The fourth-order valence-electron chi connectivity index (χ4n) is 0.767. The molecule has 0 amide bonds. The Balaban J connectivity index is 0.000000583. The lowest BCUT2D eigenvalue weighted by Crippen LogP contribution is -1.97. The summed E-state index contributed by atoms with van der Waals surface area (Å²) >= 11 is 5.58. The van der Waals surface area contributed by atoms with Crippen molar-refractivity contribution in [3.8, 4) is 0 Å². The second-order valence-corrected chi connectivity index (χ2v) is 3.07. The molecule has 1 heterocycles. The van der Waals surface area contributed by atoms with Crippen LogP contribution in [0.4, 0.5) is 0 Å². The van der Waals surface area contributed by atoms with Gasteiger partial charge in [-0.25, -0.2) is 0 Å². The molecule has 0 fully saturated rings. The van der Waals surface area contributed by atoms with Gasteiger partial charge in [0.05, 0.1) is 11.4 Å². The van der Waals surface area contributed by atoms with Crippen LogP contribution >= 0.6 is 11.6 Å². The molecule has 0 saturated heterocycles. The van der Waals surface area contributed by atoms with Crippen molar-refractivity contribution in [2.24, 2.45) is 0 Å². The average Bonchev–Trinajstić information content (AvgIpc) is 2.29. The van der Waals surface area contributed by atoms with Crippen molar-refractivity contribution in [3.05, 3.63) is 42.2 Å². The summed E-state index contributed by atoms with van der Waals surface area (Å²) in [6, 6.07) is 3.62. The number of nitrogens with one attached hydrogen (secondary N) is 2. The molecule has 0 aromatic carbocycles. The van der Waals surface area contributed by atoms with Gasteiger partial charge in [-0.2, -0.15) is 0 Å². The Morgan fingerprint density at radius 3 is 2.53 bits per heavy atom. The van der Waals surface area contributed by atoms with Crippen LogP contribution in [0.2, 0.25) is 0 Å². The maximum Gasteiger partial charge on any atom is 0.0878 e. The Labute approximate surface area is 95.7 Å². The number of pyridine rings is 1. The van der Waals surface area contributed by atoms with Crippen LogP contribution in [0.1, 0.15) is 11.3 Å². The highest BCUT2D eigenvalue weighted by Crippen LogP contribution is 2.03. The summed E-state index contributed by atoms with van der Waals surface area (Å²) < 4.78 is 0. The van der Waals surface area contributed by atoms with E-state index in [9.17, 15) is 0 Å². The zero-order valence-corrected chi connectivity index (χ0v) is 9.80. The van der Waals surface area contributed by atoms with Gasteiger partial charge >= 0.3 is 0 Å². The molecule has 0 radical (unpaired) electrons. The molecule has 15 heavy (non-hydrogen) atoms. The first-order valence-corrected chi connectivity index (χ1v) is 5.03. The first-order chi connectivity index (χ1) is 7.19. The highest BCUT2D eigenvalue weighted by molar-refractivity contribution is 6.17. The number of alkyl halides is 1. The van der Waals surface area contributed by atoms with Crippen molar-refractivity contribution in [1.82, 2.24) is 10.3 Å². The van der Waals surface area contributed by atoms with Crippen LogP contribution in [0, 0.1) is 5.41 Å². The van der Waals surface area contributed by atoms with Crippen LogP contribution in [0.15, 0.2) is 31.0 Å². The zero-order valence-electron chi connectivity index (χ0n) is 9.05. The minimum absolute atomic E-state index is 0.330. The largest absolute Gasteiger partial charge is 0.323 e. The van der Waals surface area contributed by atoms with E-state index < -0.39 is 0 Å². The van der Waals surface area contributed by atoms with E-state index >= 15 is 0 Å². The lowest BCUT2D eigenvalue weighted by Gasteiger charge is -1.98. The Morgan fingerprint density at radius 2 is 2.20 bits per heavy atom. The average molecular weight is 226 g/mol. The SMILES string of the molecule is C=CC(=N)c1ccc(CCl)cn1.CNC. The summed E-state index contributed by atoms with van der Waals surface area (Å²) in [5.41, 5.74) is 1.91. The van der Waals surface area contributed by atoms with Gasteiger partial charge in [-0.15, -0.1) is 11.6 Å². The first kappa shape index (κ1) is 13.8. The molecule has 0 unspecified atom stereocenters. The molecule has 0 bridgehead atoms. The molecular weight excluding hydrogens is 210 g/mol. The maximum atomic E-state index is 7.39. The molecule has 0 aliphatic rings. The predicted molar refractivity (Wildman–Crippen MR) is 65.8 cm³/mol. The molecule has 0 spiro atoms. The normalized spacial score (nSPS) is 8.73. The molecule has 82 valence electrons. The van der Waals surface area contributed by atoms with Crippen LogP contribution in [-0.2, 0) is 5.88 Å². The van der Waals surface area contributed by atoms with Crippen molar-refractivity contribution in [2.45, 2.75) is 5.88 Å². The molecule has 1 rings (SSSR count). The fraction of sp³-hybridized carbons (Fsp3) is 0.273. The fourth-order valence-corrected chi connectivity index (χ4v) is 0.926. The summed E-state index contributed by atoms with van der Waals surface area (Å²) in [5, 5.41) is 10.1. The third-order valence-electron chi connectivity index (χ3n) is 1.46. The quantitative estimate of drug-likeness (QED) is 0.612. The highest BCUT2D eigenvalue weighted by Gasteiger charge is 1.97. The summed E-state index contributed by atoms with van der Waals surface area (Å²) in [6.45, 7) is 3.49. The predicted octanol–water partition coefficient (Wildman–Crippen LogP) is 2.21. The minimum Gasteiger partial charge on any atom is -0.323 e. The molecule has 1 aromatic heterocycles. The topological polar surface area (TPSA) is 48.8 Å². The van der Waals surface area contributed by atoms with E-state index in [-0.39, 0.29) is 0 Å². The number of allylic oxidation sites excluding steroid dienone is 1. The summed E-state index contributed by atoms with van der Waals surface area (Å²) in [5.74, 6) is 0.453. The molecular formula is C11H16ClN3. The molecule has 3 nitrogen and oxygen atoms in total. The van der Waals surface area contributed by atoms with E-state index in [1.165, 1.54) is 6.08 Å². The van der Waals surface area contributed by atoms with Gasteiger partial charge in [0, 0.05) is 12.1 Å². The van der Waals surface area contributed by atoms with Gasteiger partial charge in [0.25, 0.3) is 0 Å². The summed E-state index contributed by atoms with van der Waals surface area (Å²) in [4.78, 5) is 4.04. The molecule has 2 N–H and O–H groups in total. The van der Waals surface area contributed by atoms with Crippen molar-refractivity contribution in [1.29, 1.82) is 5.41 Å². The van der Waals surface area contributed by atoms with Crippen molar-refractivity contribution in [3.63, 3.8) is 0 Å². The number of hydrogen-bond acceptors (Lipinski definition) is 3. The monoisotopic (exact) mass is 225 g/mol. The van der Waals surface area contributed by atoms with Gasteiger partial charge in [-0.1, -0.05) is 12.6 Å². The van der Waals surface area contributed by atoms with Crippen LogP contribution in [0.3, 0.4) is 0 Å². The molecule has 0 atom stereocenters. The molecule has 4 heteroatoms. The molecule has 0 aliphatic heterocycles. The second kappa shape index (κ2) is 8.15. The lowest BCUT2D eigenvalue weighted by atomic mass is 10.2. The highest BCUT2D eigenvalue weighted by atomic mass is 35.5. The van der Waals surface area contributed by atoms with Gasteiger partial charge < -0.3 is 5.32 Å². The number of hydrogen-bond donors (Lipinski definition) is 2. The second-order valence-electron chi connectivity index (χ2n) is 2.80. The van der Waals surface area contributed by atoms with E-state index in [1.807, 2.05) is 20.2 Å². The van der Waals surface area contributed by atoms with Crippen molar-refractivity contribution in [2.75, 3.05) is 14.1 Å². The summed E-state index contributed by atoms with van der Waals surface area (Å²) in [7, 11) is 3.75. The number of aromatic nitrogens is 1. The van der Waals surface area contributed by atoms with Gasteiger partial charge in [-0.05, 0) is 31.8 Å². The Hall–Kier alpha value is -1.19. The maximum absolute atomic E-state index is 7.39. The van der Waals surface area contributed by atoms with E-state index in [0.29, 0.717) is 17.3 Å². The van der Waals surface area contributed by atoms with Crippen LogP contribution < -0.4 is 5.32 Å². The van der Waals surface area contributed by atoms with Crippen LogP contribution in [0.25, 0.3) is 0 Å². The van der Waals surface area contributed by atoms with Gasteiger partial charge in [0.15, 0.2) is 0 Å². The number of halogens is 1.